The van der Waals surface area contributed by atoms with Crippen LogP contribution in [0.1, 0.15) is 0 Å². The topological polar surface area (TPSA) is 81.5 Å². The number of rotatable bonds is 6. The fourth-order valence-corrected chi connectivity index (χ4v) is 2.41. The van der Waals surface area contributed by atoms with Crippen molar-refractivity contribution in [1.29, 1.82) is 0 Å². The first-order chi connectivity index (χ1) is 10.6. The molecule has 114 valence electrons. The molecule has 2 aromatic rings. The lowest BCUT2D eigenvalue weighted by molar-refractivity contribution is -0.384. The Morgan fingerprint density at radius 2 is 2.00 bits per heavy atom. The van der Waals surface area contributed by atoms with Crippen LogP contribution in [-0.4, -0.2) is 23.7 Å². The van der Waals surface area contributed by atoms with Crippen LogP contribution in [0, 0.1) is 10.1 Å². The van der Waals surface area contributed by atoms with Crippen LogP contribution >= 0.6 is 11.8 Å². The first-order valence-corrected chi connectivity index (χ1v) is 7.38. The van der Waals surface area contributed by atoms with Gasteiger partial charge in [0.05, 0.1) is 17.8 Å². The number of amides is 1. The maximum Gasteiger partial charge on any atom is 0.271 e. The molecule has 0 heterocycles. The van der Waals surface area contributed by atoms with Crippen molar-refractivity contribution in [2.45, 2.75) is 4.90 Å². The normalized spacial score (nSPS) is 10.0. The third kappa shape index (κ3) is 4.49. The van der Waals surface area contributed by atoms with Crippen molar-refractivity contribution in [1.82, 2.24) is 0 Å². The van der Waals surface area contributed by atoms with Crippen LogP contribution in [0.5, 0.6) is 5.75 Å². The average Bonchev–Trinajstić information content (AvgIpc) is 2.53. The summed E-state index contributed by atoms with van der Waals surface area (Å²) in [6.45, 7) is 0. The van der Waals surface area contributed by atoms with Crippen molar-refractivity contribution >= 4 is 29.0 Å². The second-order valence-corrected chi connectivity index (χ2v) is 5.37. The minimum atomic E-state index is -0.498. The zero-order valence-corrected chi connectivity index (χ0v) is 12.6. The fourth-order valence-electron chi connectivity index (χ4n) is 1.72. The minimum Gasteiger partial charge on any atom is -0.497 e. The van der Waals surface area contributed by atoms with Gasteiger partial charge in [-0.3, -0.25) is 14.9 Å². The van der Waals surface area contributed by atoms with Gasteiger partial charge < -0.3 is 10.1 Å². The number of methoxy groups -OCH3 is 1. The lowest BCUT2D eigenvalue weighted by Gasteiger charge is -2.06. The molecule has 0 radical (unpaired) electrons. The molecule has 0 spiro atoms. The Hall–Kier alpha value is -2.54. The van der Waals surface area contributed by atoms with E-state index in [9.17, 15) is 14.9 Å². The Labute approximate surface area is 131 Å². The van der Waals surface area contributed by atoms with E-state index < -0.39 is 4.92 Å². The number of nitro groups is 1. The zero-order chi connectivity index (χ0) is 15.9. The number of hydrogen-bond acceptors (Lipinski definition) is 5. The van der Waals surface area contributed by atoms with Crippen molar-refractivity contribution in [3.05, 3.63) is 58.6 Å². The van der Waals surface area contributed by atoms with E-state index in [4.69, 9.17) is 4.74 Å². The van der Waals surface area contributed by atoms with Crippen LogP contribution in [0.4, 0.5) is 11.4 Å². The Morgan fingerprint density at radius 3 is 2.64 bits per heavy atom. The van der Waals surface area contributed by atoms with E-state index in [0.29, 0.717) is 5.69 Å². The van der Waals surface area contributed by atoms with E-state index in [1.54, 1.807) is 13.2 Å². The molecule has 0 saturated heterocycles. The average molecular weight is 318 g/mol. The van der Waals surface area contributed by atoms with Gasteiger partial charge in [-0.05, 0) is 30.3 Å². The summed E-state index contributed by atoms with van der Waals surface area (Å²) in [7, 11) is 1.59. The van der Waals surface area contributed by atoms with E-state index in [2.05, 4.69) is 5.32 Å². The summed E-state index contributed by atoms with van der Waals surface area (Å²) in [5, 5.41) is 13.3. The van der Waals surface area contributed by atoms with Crippen molar-refractivity contribution in [3.8, 4) is 5.75 Å². The second kappa shape index (κ2) is 7.46. The molecule has 0 aromatic heterocycles. The highest BCUT2D eigenvalue weighted by Gasteiger charge is 2.08. The molecule has 0 aliphatic carbocycles. The summed E-state index contributed by atoms with van der Waals surface area (Å²) in [6.07, 6.45) is 0. The lowest BCUT2D eigenvalue weighted by Crippen LogP contribution is -2.14. The van der Waals surface area contributed by atoms with Gasteiger partial charge in [0.2, 0.25) is 5.91 Å². The molecule has 6 nitrogen and oxygen atoms in total. The standard InChI is InChI=1S/C15H14N2O4S/c1-21-13-5-7-14(8-6-13)22-10-15(18)16-11-3-2-4-12(9-11)17(19)20/h2-9H,10H2,1H3,(H,16,18). The molecule has 7 heteroatoms. The Morgan fingerprint density at radius 1 is 1.27 bits per heavy atom. The maximum atomic E-state index is 11.9. The molecule has 0 atom stereocenters. The highest BCUT2D eigenvalue weighted by Crippen LogP contribution is 2.22. The van der Waals surface area contributed by atoms with Crippen molar-refractivity contribution < 1.29 is 14.5 Å². The summed E-state index contributed by atoms with van der Waals surface area (Å²) in [4.78, 5) is 23.0. The predicted molar refractivity (Wildman–Crippen MR) is 85.4 cm³/mol. The highest BCUT2D eigenvalue weighted by molar-refractivity contribution is 8.00. The highest BCUT2D eigenvalue weighted by atomic mass is 32.2. The van der Waals surface area contributed by atoms with Crippen molar-refractivity contribution in [3.63, 3.8) is 0 Å². The van der Waals surface area contributed by atoms with E-state index in [1.807, 2.05) is 24.3 Å². The third-order valence-electron chi connectivity index (χ3n) is 2.77. The molecule has 1 amide bonds. The zero-order valence-electron chi connectivity index (χ0n) is 11.8. The number of carbonyl (C=O) groups excluding carboxylic acids is 1. The third-order valence-corrected chi connectivity index (χ3v) is 3.78. The molecule has 0 aliphatic heterocycles. The van der Waals surface area contributed by atoms with Crippen LogP contribution in [0.2, 0.25) is 0 Å². The number of hydrogen-bond donors (Lipinski definition) is 1. The largest absolute Gasteiger partial charge is 0.497 e. The molecule has 22 heavy (non-hydrogen) atoms. The second-order valence-electron chi connectivity index (χ2n) is 4.32. The SMILES string of the molecule is COc1ccc(SCC(=O)Nc2cccc([N+](=O)[O-])c2)cc1. The number of nitro benzene ring substituents is 1. The fraction of sp³-hybridized carbons (Fsp3) is 0.133. The monoisotopic (exact) mass is 318 g/mol. The van der Waals surface area contributed by atoms with E-state index in [-0.39, 0.29) is 17.3 Å². The Kier molecular flexibility index (Phi) is 5.37. The van der Waals surface area contributed by atoms with Crippen LogP contribution in [0.15, 0.2) is 53.4 Å². The van der Waals surface area contributed by atoms with Crippen LogP contribution in [0.25, 0.3) is 0 Å². The van der Waals surface area contributed by atoms with Gasteiger partial charge in [-0.2, -0.15) is 0 Å². The van der Waals surface area contributed by atoms with Gasteiger partial charge in [-0.1, -0.05) is 6.07 Å². The first-order valence-electron chi connectivity index (χ1n) is 6.39. The molecular weight excluding hydrogens is 304 g/mol. The van der Waals surface area contributed by atoms with Gasteiger partial charge in [-0.15, -0.1) is 11.8 Å². The van der Waals surface area contributed by atoms with E-state index in [0.717, 1.165) is 10.6 Å². The Balaban J connectivity index is 1.89. The van der Waals surface area contributed by atoms with Crippen molar-refractivity contribution in [2.75, 3.05) is 18.2 Å². The Bertz CT molecular complexity index is 673. The van der Waals surface area contributed by atoms with Gasteiger partial charge in [-0.25, -0.2) is 0 Å². The van der Waals surface area contributed by atoms with E-state index in [1.165, 1.54) is 30.0 Å². The van der Waals surface area contributed by atoms with Gasteiger partial charge in [0, 0.05) is 22.7 Å². The smallest absolute Gasteiger partial charge is 0.271 e. The predicted octanol–water partition coefficient (Wildman–Crippen LogP) is 3.33. The summed E-state index contributed by atoms with van der Waals surface area (Å²) < 4.78 is 5.06. The molecular formula is C15H14N2O4S. The molecule has 0 bridgehead atoms. The minimum absolute atomic E-state index is 0.0550. The molecule has 0 unspecified atom stereocenters. The number of anilines is 1. The molecule has 2 aromatic carbocycles. The molecule has 0 fully saturated rings. The number of thioether (sulfide) groups is 1. The van der Waals surface area contributed by atoms with Crippen LogP contribution in [-0.2, 0) is 4.79 Å². The number of nitrogens with zero attached hydrogens (tertiary/aromatic N) is 1. The first kappa shape index (κ1) is 15.8. The molecule has 0 saturated carbocycles. The molecule has 1 N–H and O–H groups in total. The van der Waals surface area contributed by atoms with Gasteiger partial charge in [0.1, 0.15) is 5.75 Å². The summed E-state index contributed by atoms with van der Waals surface area (Å²) in [5.74, 6) is 0.751. The number of benzene rings is 2. The van der Waals surface area contributed by atoms with Crippen LogP contribution in [0.3, 0.4) is 0 Å². The summed E-state index contributed by atoms with van der Waals surface area (Å²) >= 11 is 1.38. The summed E-state index contributed by atoms with van der Waals surface area (Å²) in [6, 6.07) is 13.2. The number of nitrogens with one attached hydrogen (secondary N) is 1. The molecule has 0 aliphatic rings. The van der Waals surface area contributed by atoms with Crippen LogP contribution < -0.4 is 10.1 Å². The molecule has 2 rings (SSSR count). The number of non-ortho nitro benzene ring substituents is 1. The van der Waals surface area contributed by atoms with Crippen molar-refractivity contribution in [2.24, 2.45) is 0 Å². The maximum absolute atomic E-state index is 11.9. The number of ether oxygens (including phenoxy) is 1. The number of carbonyl (C=O) groups is 1. The van der Waals surface area contributed by atoms with Gasteiger partial charge in [0.15, 0.2) is 0 Å². The quantitative estimate of drug-likeness (QED) is 0.502. The van der Waals surface area contributed by atoms with E-state index >= 15 is 0 Å². The van der Waals surface area contributed by atoms with Gasteiger partial charge in [0.25, 0.3) is 5.69 Å². The lowest BCUT2D eigenvalue weighted by atomic mass is 10.3. The van der Waals surface area contributed by atoms with Gasteiger partial charge >= 0.3 is 0 Å². The summed E-state index contributed by atoms with van der Waals surface area (Å²) in [5.41, 5.74) is 0.357.